The lowest BCUT2D eigenvalue weighted by Gasteiger charge is -2.13. The SMILES string of the molecule is CN=C(NCCc1ccccc1Cl)NCc1ccc(CS(=O)(=O)NC)cc1.I. The van der Waals surface area contributed by atoms with E-state index in [1.165, 1.54) is 7.05 Å². The fraction of sp³-hybridized carbons (Fsp3) is 0.316. The summed E-state index contributed by atoms with van der Waals surface area (Å²) in [7, 11) is -0.122. The predicted molar refractivity (Wildman–Crippen MR) is 127 cm³/mol. The summed E-state index contributed by atoms with van der Waals surface area (Å²) in [5.41, 5.74) is 2.87. The highest BCUT2D eigenvalue weighted by Crippen LogP contribution is 2.14. The number of nitrogens with one attached hydrogen (secondary N) is 3. The van der Waals surface area contributed by atoms with E-state index in [9.17, 15) is 8.42 Å². The Morgan fingerprint density at radius 1 is 1.04 bits per heavy atom. The predicted octanol–water partition coefficient (Wildman–Crippen LogP) is 2.91. The molecule has 0 atom stereocenters. The molecule has 0 aliphatic heterocycles. The van der Waals surface area contributed by atoms with Crippen molar-refractivity contribution in [3.05, 3.63) is 70.2 Å². The van der Waals surface area contributed by atoms with Crippen LogP contribution >= 0.6 is 35.6 Å². The average molecular weight is 537 g/mol. The molecule has 0 spiro atoms. The van der Waals surface area contributed by atoms with Gasteiger partial charge in [-0.2, -0.15) is 0 Å². The summed E-state index contributed by atoms with van der Waals surface area (Å²) >= 11 is 6.16. The molecule has 0 aromatic heterocycles. The second-order valence-corrected chi connectivity index (χ2v) is 8.31. The third-order valence-electron chi connectivity index (χ3n) is 4.02. The van der Waals surface area contributed by atoms with Crippen LogP contribution in [0.3, 0.4) is 0 Å². The van der Waals surface area contributed by atoms with Crippen molar-refractivity contribution < 1.29 is 8.42 Å². The second kappa shape index (κ2) is 12.3. The Bertz CT molecular complexity index is 874. The zero-order valence-corrected chi connectivity index (χ0v) is 19.8. The highest BCUT2D eigenvalue weighted by molar-refractivity contribution is 14.0. The smallest absolute Gasteiger partial charge is 0.215 e. The van der Waals surface area contributed by atoms with Crippen molar-refractivity contribution in [3.63, 3.8) is 0 Å². The quantitative estimate of drug-likeness (QED) is 0.275. The van der Waals surface area contributed by atoms with E-state index in [2.05, 4.69) is 20.3 Å². The van der Waals surface area contributed by atoms with Crippen LogP contribution in [0, 0.1) is 0 Å². The van der Waals surface area contributed by atoms with E-state index in [0.717, 1.165) is 28.1 Å². The number of hydrogen-bond acceptors (Lipinski definition) is 3. The summed E-state index contributed by atoms with van der Waals surface area (Å²) in [4.78, 5) is 4.21. The molecule has 0 radical (unpaired) electrons. The van der Waals surface area contributed by atoms with Crippen molar-refractivity contribution in [2.45, 2.75) is 18.7 Å². The first-order chi connectivity index (χ1) is 12.9. The van der Waals surface area contributed by atoms with Gasteiger partial charge in [-0.25, -0.2) is 13.1 Å². The number of sulfonamides is 1. The van der Waals surface area contributed by atoms with Crippen LogP contribution in [0.1, 0.15) is 16.7 Å². The third kappa shape index (κ3) is 8.34. The van der Waals surface area contributed by atoms with Crippen LogP contribution in [0.5, 0.6) is 0 Å². The molecule has 0 saturated carbocycles. The van der Waals surface area contributed by atoms with Gasteiger partial charge in [0.1, 0.15) is 0 Å². The summed E-state index contributed by atoms with van der Waals surface area (Å²) in [6, 6.07) is 15.2. The third-order valence-corrected chi connectivity index (χ3v) is 5.72. The molecule has 0 bridgehead atoms. The number of halogens is 2. The molecular formula is C19H26ClIN4O2S. The average Bonchev–Trinajstić information content (AvgIpc) is 2.67. The van der Waals surface area contributed by atoms with Crippen LogP contribution in [0.25, 0.3) is 0 Å². The van der Waals surface area contributed by atoms with Crippen molar-refractivity contribution >= 4 is 51.6 Å². The Hall–Kier alpha value is -1.36. The normalized spacial score (nSPS) is 11.6. The monoisotopic (exact) mass is 536 g/mol. The van der Waals surface area contributed by atoms with Gasteiger partial charge < -0.3 is 10.6 Å². The van der Waals surface area contributed by atoms with Crippen LogP contribution < -0.4 is 15.4 Å². The number of benzene rings is 2. The van der Waals surface area contributed by atoms with Crippen LogP contribution in [0.15, 0.2) is 53.5 Å². The highest BCUT2D eigenvalue weighted by atomic mass is 127. The maximum Gasteiger partial charge on any atom is 0.215 e. The minimum absolute atomic E-state index is 0. The Labute approximate surface area is 189 Å². The van der Waals surface area contributed by atoms with E-state index in [1.54, 1.807) is 7.05 Å². The molecule has 2 aromatic rings. The molecule has 2 rings (SSSR count). The molecule has 6 nitrogen and oxygen atoms in total. The van der Waals surface area contributed by atoms with Gasteiger partial charge in [0.25, 0.3) is 0 Å². The lowest BCUT2D eigenvalue weighted by atomic mass is 10.1. The van der Waals surface area contributed by atoms with E-state index >= 15 is 0 Å². The van der Waals surface area contributed by atoms with Crippen molar-refractivity contribution in [1.29, 1.82) is 0 Å². The molecule has 0 fully saturated rings. The number of hydrogen-bond donors (Lipinski definition) is 3. The molecule has 0 unspecified atom stereocenters. The summed E-state index contributed by atoms with van der Waals surface area (Å²) in [6.45, 7) is 1.30. The van der Waals surface area contributed by atoms with Gasteiger partial charge in [0.15, 0.2) is 5.96 Å². The maximum absolute atomic E-state index is 11.6. The van der Waals surface area contributed by atoms with Gasteiger partial charge >= 0.3 is 0 Å². The number of rotatable bonds is 8. The van der Waals surface area contributed by atoms with Gasteiger partial charge in [-0.15, -0.1) is 24.0 Å². The van der Waals surface area contributed by atoms with Crippen LogP contribution in [0.2, 0.25) is 5.02 Å². The topological polar surface area (TPSA) is 82.6 Å². The molecule has 0 aliphatic carbocycles. The number of aliphatic imine (C=N–C) groups is 1. The first-order valence-corrected chi connectivity index (χ1v) is 10.6. The van der Waals surface area contributed by atoms with E-state index in [1.807, 2.05) is 48.5 Å². The van der Waals surface area contributed by atoms with Gasteiger partial charge in [-0.1, -0.05) is 54.1 Å². The number of nitrogens with zero attached hydrogens (tertiary/aromatic N) is 1. The van der Waals surface area contributed by atoms with Crippen LogP contribution in [-0.2, 0) is 28.7 Å². The minimum Gasteiger partial charge on any atom is -0.356 e. The van der Waals surface area contributed by atoms with E-state index < -0.39 is 10.0 Å². The fourth-order valence-corrected chi connectivity index (χ4v) is 3.47. The molecule has 3 N–H and O–H groups in total. The molecule has 28 heavy (non-hydrogen) atoms. The van der Waals surface area contributed by atoms with Crippen molar-refractivity contribution in [3.8, 4) is 0 Å². The fourth-order valence-electron chi connectivity index (χ4n) is 2.47. The molecule has 2 aromatic carbocycles. The molecule has 0 aliphatic rings. The molecule has 154 valence electrons. The first kappa shape index (κ1) is 24.7. The Morgan fingerprint density at radius 3 is 2.29 bits per heavy atom. The van der Waals surface area contributed by atoms with Crippen molar-refractivity contribution in [1.82, 2.24) is 15.4 Å². The maximum atomic E-state index is 11.6. The molecule has 9 heteroatoms. The van der Waals surface area contributed by atoms with Gasteiger partial charge in [0.05, 0.1) is 5.75 Å². The van der Waals surface area contributed by atoms with E-state index in [-0.39, 0.29) is 29.7 Å². The van der Waals surface area contributed by atoms with Gasteiger partial charge in [-0.05, 0) is 36.2 Å². The zero-order chi connectivity index (χ0) is 19.7. The number of guanidine groups is 1. The Morgan fingerprint density at radius 2 is 1.68 bits per heavy atom. The zero-order valence-electron chi connectivity index (χ0n) is 15.9. The summed E-state index contributed by atoms with van der Waals surface area (Å²) < 4.78 is 25.5. The molecular weight excluding hydrogens is 511 g/mol. The standard InChI is InChI=1S/C19H25ClN4O2S.HI/c1-21-19(23-12-11-17-5-3-4-6-18(17)20)24-13-15-7-9-16(10-8-15)14-27(25,26)22-2;/h3-10,22H,11-14H2,1-2H3,(H2,21,23,24);1H. The van der Waals surface area contributed by atoms with E-state index in [0.29, 0.717) is 19.0 Å². The lowest BCUT2D eigenvalue weighted by molar-refractivity contribution is 0.587. The molecule has 0 heterocycles. The van der Waals surface area contributed by atoms with Gasteiger partial charge in [0, 0.05) is 25.2 Å². The van der Waals surface area contributed by atoms with Crippen LogP contribution in [0.4, 0.5) is 0 Å². The van der Waals surface area contributed by atoms with E-state index in [4.69, 9.17) is 11.6 Å². The Balaban J connectivity index is 0.00000392. The largest absolute Gasteiger partial charge is 0.356 e. The summed E-state index contributed by atoms with van der Waals surface area (Å²) in [5.74, 6) is 0.673. The minimum atomic E-state index is -3.26. The first-order valence-electron chi connectivity index (χ1n) is 8.60. The Kier molecular flexibility index (Phi) is 10.8. The van der Waals surface area contributed by atoms with Gasteiger partial charge in [-0.3, -0.25) is 4.99 Å². The summed E-state index contributed by atoms with van der Waals surface area (Å²) in [5, 5.41) is 7.27. The molecule has 0 amide bonds. The molecule has 0 saturated heterocycles. The highest BCUT2D eigenvalue weighted by Gasteiger charge is 2.08. The summed E-state index contributed by atoms with van der Waals surface area (Å²) in [6.07, 6.45) is 0.801. The van der Waals surface area contributed by atoms with Gasteiger partial charge in [0.2, 0.25) is 10.0 Å². The second-order valence-electron chi connectivity index (χ2n) is 5.97. The van der Waals surface area contributed by atoms with Crippen molar-refractivity contribution in [2.24, 2.45) is 4.99 Å². The van der Waals surface area contributed by atoms with Crippen molar-refractivity contribution in [2.75, 3.05) is 20.6 Å². The van der Waals surface area contributed by atoms with Crippen LogP contribution in [-0.4, -0.2) is 35.0 Å². The lowest BCUT2D eigenvalue weighted by Crippen LogP contribution is -2.37.